The van der Waals surface area contributed by atoms with Crippen LogP contribution < -0.4 is 5.32 Å². The minimum atomic E-state index is 0.122. The SMILES string of the molecule is Cc1cnnc(NC(C)c2ccccn2)c1. The molecular formula is C12H14N4. The number of hydrogen-bond acceptors (Lipinski definition) is 4. The molecule has 0 fully saturated rings. The third-order valence-corrected chi connectivity index (χ3v) is 2.29. The van der Waals surface area contributed by atoms with E-state index in [1.807, 2.05) is 38.1 Å². The second kappa shape index (κ2) is 4.70. The maximum Gasteiger partial charge on any atom is 0.149 e. The van der Waals surface area contributed by atoms with Gasteiger partial charge in [0.05, 0.1) is 17.9 Å². The zero-order valence-corrected chi connectivity index (χ0v) is 9.38. The molecule has 2 aromatic rings. The summed E-state index contributed by atoms with van der Waals surface area (Å²) in [5, 5.41) is 11.2. The summed E-state index contributed by atoms with van der Waals surface area (Å²) in [7, 11) is 0. The Hall–Kier alpha value is -1.97. The fourth-order valence-electron chi connectivity index (χ4n) is 1.46. The van der Waals surface area contributed by atoms with E-state index < -0.39 is 0 Å². The first kappa shape index (κ1) is 10.5. The molecule has 1 N–H and O–H groups in total. The molecule has 0 saturated carbocycles. The van der Waals surface area contributed by atoms with Gasteiger partial charge in [0.1, 0.15) is 5.82 Å². The van der Waals surface area contributed by atoms with Crippen molar-refractivity contribution in [2.24, 2.45) is 0 Å². The maximum atomic E-state index is 4.29. The average molecular weight is 214 g/mol. The maximum absolute atomic E-state index is 4.29. The van der Waals surface area contributed by atoms with Gasteiger partial charge < -0.3 is 5.32 Å². The van der Waals surface area contributed by atoms with Crippen molar-refractivity contribution in [3.05, 3.63) is 47.9 Å². The first-order valence-corrected chi connectivity index (χ1v) is 5.22. The highest BCUT2D eigenvalue weighted by Crippen LogP contribution is 2.15. The van der Waals surface area contributed by atoms with Crippen LogP contribution in [0.1, 0.15) is 24.2 Å². The van der Waals surface area contributed by atoms with Crippen LogP contribution in [-0.2, 0) is 0 Å². The molecule has 0 aliphatic carbocycles. The first-order valence-electron chi connectivity index (χ1n) is 5.22. The third-order valence-electron chi connectivity index (χ3n) is 2.29. The fraction of sp³-hybridized carbons (Fsp3) is 0.250. The summed E-state index contributed by atoms with van der Waals surface area (Å²) in [6.45, 7) is 4.04. The number of pyridine rings is 1. The lowest BCUT2D eigenvalue weighted by atomic mass is 10.2. The Morgan fingerprint density at radius 3 is 2.88 bits per heavy atom. The van der Waals surface area contributed by atoms with Crippen LogP contribution in [0.5, 0.6) is 0 Å². The zero-order valence-electron chi connectivity index (χ0n) is 9.38. The Kier molecular flexibility index (Phi) is 3.10. The van der Waals surface area contributed by atoms with Crippen LogP contribution in [0.4, 0.5) is 5.82 Å². The molecule has 4 heteroatoms. The van der Waals surface area contributed by atoms with E-state index in [2.05, 4.69) is 20.5 Å². The molecule has 0 aliphatic rings. The van der Waals surface area contributed by atoms with Crippen molar-refractivity contribution in [3.63, 3.8) is 0 Å². The zero-order chi connectivity index (χ0) is 11.4. The van der Waals surface area contributed by atoms with Gasteiger partial charge in [0, 0.05) is 6.20 Å². The van der Waals surface area contributed by atoms with Crippen LogP contribution in [0.2, 0.25) is 0 Å². The summed E-state index contributed by atoms with van der Waals surface area (Å²) in [6, 6.07) is 7.95. The molecule has 0 aromatic carbocycles. The van der Waals surface area contributed by atoms with Gasteiger partial charge in [-0.15, -0.1) is 5.10 Å². The van der Waals surface area contributed by atoms with Crippen LogP contribution in [0, 0.1) is 6.92 Å². The molecule has 16 heavy (non-hydrogen) atoms. The molecule has 0 radical (unpaired) electrons. The molecule has 2 aromatic heterocycles. The third kappa shape index (κ3) is 2.53. The van der Waals surface area contributed by atoms with E-state index in [4.69, 9.17) is 0 Å². The summed E-state index contributed by atoms with van der Waals surface area (Å²) in [4.78, 5) is 4.29. The Morgan fingerprint density at radius 2 is 2.19 bits per heavy atom. The Labute approximate surface area is 94.8 Å². The predicted molar refractivity (Wildman–Crippen MR) is 63.0 cm³/mol. The molecule has 0 saturated heterocycles. The number of nitrogens with one attached hydrogen (secondary N) is 1. The van der Waals surface area contributed by atoms with Crippen LogP contribution in [0.25, 0.3) is 0 Å². The highest BCUT2D eigenvalue weighted by atomic mass is 15.2. The van der Waals surface area contributed by atoms with Gasteiger partial charge in [-0.05, 0) is 37.6 Å². The average Bonchev–Trinajstić information content (AvgIpc) is 2.30. The van der Waals surface area contributed by atoms with Gasteiger partial charge in [0.2, 0.25) is 0 Å². The second-order valence-corrected chi connectivity index (χ2v) is 3.74. The lowest BCUT2D eigenvalue weighted by Gasteiger charge is -2.13. The van der Waals surface area contributed by atoms with Crippen molar-refractivity contribution in [2.45, 2.75) is 19.9 Å². The van der Waals surface area contributed by atoms with Gasteiger partial charge in [0.25, 0.3) is 0 Å². The molecule has 1 unspecified atom stereocenters. The molecule has 2 rings (SSSR count). The summed E-state index contributed by atoms with van der Waals surface area (Å²) in [5.74, 6) is 0.776. The van der Waals surface area contributed by atoms with Gasteiger partial charge in [-0.3, -0.25) is 4.98 Å². The van der Waals surface area contributed by atoms with E-state index in [1.54, 1.807) is 12.4 Å². The molecule has 4 nitrogen and oxygen atoms in total. The van der Waals surface area contributed by atoms with Gasteiger partial charge in [0.15, 0.2) is 0 Å². The monoisotopic (exact) mass is 214 g/mol. The van der Waals surface area contributed by atoms with E-state index in [0.29, 0.717) is 0 Å². The normalized spacial score (nSPS) is 12.1. The molecule has 0 amide bonds. The van der Waals surface area contributed by atoms with E-state index in [9.17, 15) is 0 Å². The topological polar surface area (TPSA) is 50.7 Å². The summed E-state index contributed by atoms with van der Waals surface area (Å²) in [6.07, 6.45) is 3.52. The van der Waals surface area contributed by atoms with E-state index in [-0.39, 0.29) is 6.04 Å². The lowest BCUT2D eigenvalue weighted by molar-refractivity contribution is 0.822. The number of aryl methyl sites for hydroxylation is 1. The first-order chi connectivity index (χ1) is 7.75. The van der Waals surface area contributed by atoms with Crippen molar-refractivity contribution in [1.29, 1.82) is 0 Å². The van der Waals surface area contributed by atoms with Gasteiger partial charge >= 0.3 is 0 Å². The number of nitrogens with zero attached hydrogens (tertiary/aromatic N) is 3. The van der Waals surface area contributed by atoms with Crippen molar-refractivity contribution in [1.82, 2.24) is 15.2 Å². The minimum Gasteiger partial charge on any atom is -0.360 e. The largest absolute Gasteiger partial charge is 0.360 e. The number of hydrogen-bond donors (Lipinski definition) is 1. The predicted octanol–water partition coefficient (Wildman–Crippen LogP) is 2.35. The van der Waals surface area contributed by atoms with Crippen molar-refractivity contribution < 1.29 is 0 Å². The van der Waals surface area contributed by atoms with E-state index in [0.717, 1.165) is 17.1 Å². The summed E-state index contributed by atoms with van der Waals surface area (Å²) in [5.41, 5.74) is 2.08. The molecule has 0 spiro atoms. The van der Waals surface area contributed by atoms with E-state index >= 15 is 0 Å². The molecule has 2 heterocycles. The van der Waals surface area contributed by atoms with Crippen LogP contribution in [0.3, 0.4) is 0 Å². The fourth-order valence-corrected chi connectivity index (χ4v) is 1.46. The number of rotatable bonds is 3. The number of anilines is 1. The van der Waals surface area contributed by atoms with E-state index in [1.165, 1.54) is 0 Å². The lowest BCUT2D eigenvalue weighted by Crippen LogP contribution is -2.09. The van der Waals surface area contributed by atoms with Crippen LogP contribution >= 0.6 is 0 Å². The van der Waals surface area contributed by atoms with Crippen LogP contribution in [0.15, 0.2) is 36.7 Å². The molecule has 0 bridgehead atoms. The van der Waals surface area contributed by atoms with Crippen molar-refractivity contribution >= 4 is 5.82 Å². The minimum absolute atomic E-state index is 0.122. The quantitative estimate of drug-likeness (QED) is 0.852. The smallest absolute Gasteiger partial charge is 0.149 e. The van der Waals surface area contributed by atoms with Gasteiger partial charge in [-0.25, -0.2) is 0 Å². The Bertz CT molecular complexity index is 456. The molecule has 82 valence electrons. The van der Waals surface area contributed by atoms with Crippen molar-refractivity contribution in [2.75, 3.05) is 5.32 Å². The van der Waals surface area contributed by atoms with Gasteiger partial charge in [-0.2, -0.15) is 5.10 Å². The summed E-state index contributed by atoms with van der Waals surface area (Å²) < 4.78 is 0. The molecule has 1 atom stereocenters. The standard InChI is InChI=1S/C12H14N4/c1-9-7-12(16-14-8-9)15-10(2)11-5-3-4-6-13-11/h3-8,10H,1-2H3,(H,15,16). The summed E-state index contributed by atoms with van der Waals surface area (Å²) >= 11 is 0. The number of aromatic nitrogens is 3. The van der Waals surface area contributed by atoms with Crippen LogP contribution in [-0.4, -0.2) is 15.2 Å². The molecular weight excluding hydrogens is 200 g/mol. The molecule has 0 aliphatic heterocycles. The second-order valence-electron chi connectivity index (χ2n) is 3.74. The Balaban J connectivity index is 2.11. The highest BCUT2D eigenvalue weighted by Gasteiger charge is 2.06. The Morgan fingerprint density at radius 1 is 1.31 bits per heavy atom. The highest BCUT2D eigenvalue weighted by molar-refractivity contribution is 5.37. The van der Waals surface area contributed by atoms with Crippen molar-refractivity contribution in [3.8, 4) is 0 Å². The van der Waals surface area contributed by atoms with Gasteiger partial charge in [-0.1, -0.05) is 6.07 Å².